The van der Waals surface area contributed by atoms with E-state index >= 15 is 0 Å². The summed E-state index contributed by atoms with van der Waals surface area (Å²) in [6, 6.07) is 56.8. The van der Waals surface area contributed by atoms with Gasteiger partial charge in [-0.25, -0.2) is 0 Å². The molecule has 0 saturated heterocycles. The molecule has 5 heteroatoms. The summed E-state index contributed by atoms with van der Waals surface area (Å²) < 4.78 is 15.7. The normalized spacial score (nSPS) is 13.0. The third-order valence-electron chi connectivity index (χ3n) is 11.0. The summed E-state index contributed by atoms with van der Waals surface area (Å²) in [5.74, 6) is 0.573. The minimum atomic E-state index is -0.274. The number of hydrogen-bond acceptors (Lipinski definition) is 4. The number of aromatic nitrogens is 1. The summed E-state index contributed by atoms with van der Waals surface area (Å²) >= 11 is 0. The Morgan fingerprint density at radius 2 is 1.26 bits per heavy atom. The lowest BCUT2D eigenvalue weighted by atomic mass is 9.99. The second-order valence-electron chi connectivity index (χ2n) is 14.1. The Morgan fingerprint density at radius 3 is 2.13 bits per heavy atom. The molecule has 0 amide bonds. The number of aliphatic imine (C=N–C) groups is 1. The molecule has 0 aliphatic heterocycles. The molecule has 0 saturated carbocycles. The first kappa shape index (κ1) is 30.5. The fourth-order valence-electron chi connectivity index (χ4n) is 8.47. The monoisotopic (exact) mass is 695 g/mol. The Labute approximate surface area is 310 Å². The van der Waals surface area contributed by atoms with Gasteiger partial charge in [-0.3, -0.25) is 4.99 Å². The molecule has 0 radical (unpaired) electrons. The van der Waals surface area contributed by atoms with Crippen molar-refractivity contribution < 1.29 is 8.83 Å². The van der Waals surface area contributed by atoms with Gasteiger partial charge in [0.25, 0.3) is 0 Å². The molecule has 256 valence electrons. The van der Waals surface area contributed by atoms with Crippen molar-refractivity contribution in [3.63, 3.8) is 0 Å². The third kappa shape index (κ3) is 4.48. The molecule has 3 heterocycles. The third-order valence-corrected chi connectivity index (χ3v) is 11.0. The van der Waals surface area contributed by atoms with Gasteiger partial charge in [0.15, 0.2) is 11.3 Å². The van der Waals surface area contributed by atoms with Crippen LogP contribution >= 0.6 is 0 Å². The van der Waals surface area contributed by atoms with E-state index in [1.165, 1.54) is 27.1 Å². The predicted molar refractivity (Wildman–Crippen MR) is 224 cm³/mol. The number of furan rings is 2. The van der Waals surface area contributed by atoms with Crippen LogP contribution < -0.4 is 5.73 Å². The minimum Gasteiger partial charge on any atom is -0.454 e. The van der Waals surface area contributed by atoms with Crippen LogP contribution in [0.3, 0.4) is 0 Å². The van der Waals surface area contributed by atoms with Gasteiger partial charge in [0.2, 0.25) is 0 Å². The standard InChI is InChI=1S/C49H33N3O2/c1-29(51-46(33-25-24-30-12-2-3-14-32(30)28-33)49-45(50)38-17-7-9-22-42(38)53-49)34-18-11-23-43-44(34)39-19-10-21-41(48(39)54-43)52-40-20-8-6-16-36(40)37-27-26-31-13-4-5-15-35(31)47(37)52/h2-29H,50H2,1H3/b51-46-. The van der Waals surface area contributed by atoms with Crippen LogP contribution in [0.4, 0.5) is 5.69 Å². The lowest BCUT2D eigenvalue weighted by molar-refractivity contribution is 0.605. The smallest absolute Gasteiger partial charge is 0.176 e. The predicted octanol–water partition coefficient (Wildman–Crippen LogP) is 12.9. The Balaban J connectivity index is 1.14. The molecule has 1 atom stereocenters. The second kappa shape index (κ2) is 11.7. The van der Waals surface area contributed by atoms with Crippen molar-refractivity contribution in [2.75, 3.05) is 5.73 Å². The number of anilines is 1. The number of nitrogens with zero attached hydrogens (tertiary/aromatic N) is 2. The van der Waals surface area contributed by atoms with Crippen molar-refractivity contribution in [3.05, 3.63) is 181 Å². The summed E-state index contributed by atoms with van der Waals surface area (Å²) in [5.41, 5.74) is 15.8. The van der Waals surface area contributed by atoms with Gasteiger partial charge in [-0.1, -0.05) is 127 Å². The molecule has 0 aliphatic rings. The Bertz CT molecular complexity index is 3320. The maximum absolute atomic E-state index is 6.88. The first-order valence-corrected chi connectivity index (χ1v) is 18.3. The zero-order valence-electron chi connectivity index (χ0n) is 29.5. The van der Waals surface area contributed by atoms with Crippen molar-refractivity contribution in [3.8, 4) is 5.69 Å². The molecule has 1 unspecified atom stereocenters. The lowest BCUT2D eigenvalue weighted by Crippen LogP contribution is -2.07. The maximum Gasteiger partial charge on any atom is 0.176 e. The summed E-state index contributed by atoms with van der Waals surface area (Å²) in [5, 5.41) is 10.1. The lowest BCUT2D eigenvalue weighted by Gasteiger charge is -2.13. The van der Waals surface area contributed by atoms with Gasteiger partial charge in [0.1, 0.15) is 16.9 Å². The fraction of sp³-hybridized carbons (Fsp3) is 0.0408. The molecule has 0 bridgehead atoms. The zero-order chi connectivity index (χ0) is 35.9. The number of para-hydroxylation sites is 3. The average molecular weight is 696 g/mol. The largest absolute Gasteiger partial charge is 0.454 e. The minimum absolute atomic E-state index is 0.274. The highest BCUT2D eigenvalue weighted by atomic mass is 16.3. The van der Waals surface area contributed by atoms with Gasteiger partial charge in [-0.05, 0) is 65.0 Å². The first-order valence-electron chi connectivity index (χ1n) is 18.3. The summed E-state index contributed by atoms with van der Waals surface area (Å²) in [6.07, 6.45) is 0. The highest BCUT2D eigenvalue weighted by Crippen LogP contribution is 2.42. The van der Waals surface area contributed by atoms with E-state index < -0.39 is 0 Å². The second-order valence-corrected chi connectivity index (χ2v) is 14.1. The van der Waals surface area contributed by atoms with Crippen LogP contribution in [0.2, 0.25) is 0 Å². The molecule has 5 nitrogen and oxygen atoms in total. The number of benzene rings is 8. The Kier molecular flexibility index (Phi) is 6.61. The SMILES string of the molecule is CC(/N=C(/c1ccc2ccccc2c1)c1oc2ccccc2c1N)c1cccc2oc3c(-n4c5ccccc5c5ccc6ccccc6c54)cccc3c12. The van der Waals surface area contributed by atoms with Crippen LogP contribution in [0.15, 0.2) is 178 Å². The van der Waals surface area contributed by atoms with E-state index in [0.717, 1.165) is 66.0 Å². The molecule has 0 aliphatic carbocycles. The average Bonchev–Trinajstić information content (AvgIpc) is 3.89. The van der Waals surface area contributed by atoms with E-state index in [1.54, 1.807) is 0 Å². The van der Waals surface area contributed by atoms with E-state index in [-0.39, 0.29) is 6.04 Å². The molecule has 54 heavy (non-hydrogen) atoms. The van der Waals surface area contributed by atoms with Crippen LogP contribution in [-0.2, 0) is 0 Å². The van der Waals surface area contributed by atoms with Crippen LogP contribution in [-0.4, -0.2) is 10.3 Å². The molecular weight excluding hydrogens is 663 g/mol. The molecule has 0 fully saturated rings. The topological polar surface area (TPSA) is 69.6 Å². The number of hydrogen-bond donors (Lipinski definition) is 1. The molecule has 8 aromatic carbocycles. The van der Waals surface area contributed by atoms with Crippen LogP contribution in [0.25, 0.3) is 81.9 Å². The van der Waals surface area contributed by atoms with Crippen LogP contribution in [0, 0.1) is 0 Å². The summed E-state index contributed by atoms with van der Waals surface area (Å²) in [4.78, 5) is 5.47. The van der Waals surface area contributed by atoms with Gasteiger partial charge >= 0.3 is 0 Å². The number of rotatable bonds is 5. The molecule has 2 N–H and O–H groups in total. The van der Waals surface area contributed by atoms with E-state index in [0.29, 0.717) is 17.2 Å². The fourth-order valence-corrected chi connectivity index (χ4v) is 8.47. The van der Waals surface area contributed by atoms with E-state index in [1.807, 2.05) is 24.3 Å². The van der Waals surface area contributed by atoms with Gasteiger partial charge in [-0.2, -0.15) is 0 Å². The van der Waals surface area contributed by atoms with Crippen molar-refractivity contribution in [2.24, 2.45) is 4.99 Å². The molecule has 3 aromatic heterocycles. The summed E-state index contributed by atoms with van der Waals surface area (Å²) in [6.45, 7) is 2.14. The highest BCUT2D eigenvalue weighted by molar-refractivity contribution is 6.21. The molecule has 11 rings (SSSR count). The van der Waals surface area contributed by atoms with E-state index in [9.17, 15) is 0 Å². The zero-order valence-corrected chi connectivity index (χ0v) is 29.5. The highest BCUT2D eigenvalue weighted by Gasteiger charge is 2.24. The Morgan fingerprint density at radius 1 is 0.574 bits per heavy atom. The van der Waals surface area contributed by atoms with Crippen LogP contribution in [0.1, 0.15) is 29.9 Å². The van der Waals surface area contributed by atoms with Crippen molar-refractivity contribution >= 4 is 87.7 Å². The molecular formula is C49H33N3O2. The van der Waals surface area contributed by atoms with Gasteiger partial charge in [0.05, 0.1) is 28.5 Å². The van der Waals surface area contributed by atoms with Crippen LogP contribution in [0.5, 0.6) is 0 Å². The van der Waals surface area contributed by atoms with E-state index in [4.69, 9.17) is 19.6 Å². The van der Waals surface area contributed by atoms with E-state index in [2.05, 4.69) is 151 Å². The van der Waals surface area contributed by atoms with Crippen molar-refractivity contribution in [1.82, 2.24) is 4.57 Å². The van der Waals surface area contributed by atoms with Gasteiger partial charge in [-0.15, -0.1) is 0 Å². The van der Waals surface area contributed by atoms with Crippen molar-refractivity contribution in [2.45, 2.75) is 13.0 Å². The first-order chi connectivity index (χ1) is 26.6. The number of fused-ring (bicyclic) bond motifs is 10. The number of nitrogens with two attached hydrogens (primary N) is 1. The van der Waals surface area contributed by atoms with Gasteiger partial charge in [0, 0.05) is 37.9 Å². The van der Waals surface area contributed by atoms with Gasteiger partial charge < -0.3 is 19.1 Å². The number of nitrogen functional groups attached to an aromatic ring is 1. The quantitative estimate of drug-likeness (QED) is 0.182. The molecule has 11 aromatic rings. The molecule has 0 spiro atoms. The summed E-state index contributed by atoms with van der Waals surface area (Å²) in [7, 11) is 0. The maximum atomic E-state index is 6.88. The Hall–Kier alpha value is -7.11. The van der Waals surface area contributed by atoms with Crippen molar-refractivity contribution in [1.29, 1.82) is 0 Å².